The number of rotatable bonds is 9. The highest BCUT2D eigenvalue weighted by molar-refractivity contribution is 7.11. The average molecular weight is 335 g/mol. The Bertz CT molecular complexity index is 633. The number of carboxylic acids is 1. The van der Waals surface area contributed by atoms with Gasteiger partial charge in [0.25, 0.3) is 0 Å². The molecule has 6 heteroatoms. The van der Waals surface area contributed by atoms with Crippen LogP contribution in [0.1, 0.15) is 41.2 Å². The zero-order chi connectivity index (χ0) is 16.7. The predicted molar refractivity (Wildman–Crippen MR) is 88.1 cm³/mol. The molecule has 0 bridgehead atoms. The first-order valence-corrected chi connectivity index (χ1v) is 8.43. The van der Waals surface area contributed by atoms with Crippen LogP contribution in [0, 0.1) is 6.92 Å². The van der Waals surface area contributed by atoms with Crippen LogP contribution < -0.4 is 0 Å². The summed E-state index contributed by atoms with van der Waals surface area (Å²) in [5.41, 5.74) is 0. The Labute approximate surface area is 139 Å². The maximum atomic E-state index is 12.5. The molecular weight excluding hydrogens is 314 g/mol. The molecule has 2 aromatic heterocycles. The highest BCUT2D eigenvalue weighted by Gasteiger charge is 2.16. The Balaban J connectivity index is 1.94. The third kappa shape index (κ3) is 5.90. The van der Waals surface area contributed by atoms with Gasteiger partial charge in [-0.15, -0.1) is 11.3 Å². The topological polar surface area (TPSA) is 70.8 Å². The zero-order valence-corrected chi connectivity index (χ0v) is 14.0. The van der Waals surface area contributed by atoms with Gasteiger partial charge in [-0.1, -0.05) is 0 Å². The normalized spacial score (nSPS) is 10.7. The first-order chi connectivity index (χ1) is 11.0. The summed E-state index contributed by atoms with van der Waals surface area (Å²) < 4.78 is 5.35. The van der Waals surface area contributed by atoms with E-state index in [9.17, 15) is 9.59 Å². The number of hydrogen-bond donors (Lipinski definition) is 1. The van der Waals surface area contributed by atoms with Crippen molar-refractivity contribution >= 4 is 23.2 Å². The number of unbranched alkanes of at least 4 members (excludes halogenated alkanes) is 1. The molecular formula is C17H21NO4S. The number of aliphatic carboxylic acids is 1. The molecule has 0 saturated carbocycles. The minimum absolute atomic E-state index is 0.0258. The lowest BCUT2D eigenvalue weighted by molar-refractivity contribution is -0.137. The molecule has 0 fully saturated rings. The smallest absolute Gasteiger partial charge is 0.303 e. The van der Waals surface area contributed by atoms with E-state index in [4.69, 9.17) is 9.52 Å². The van der Waals surface area contributed by atoms with Gasteiger partial charge in [-0.2, -0.15) is 0 Å². The van der Waals surface area contributed by atoms with Crippen molar-refractivity contribution in [2.24, 2.45) is 0 Å². The first-order valence-electron chi connectivity index (χ1n) is 7.62. The van der Waals surface area contributed by atoms with Gasteiger partial charge in [-0.05, 0) is 44.0 Å². The number of thiophene rings is 1. The van der Waals surface area contributed by atoms with Crippen molar-refractivity contribution < 1.29 is 19.1 Å². The van der Waals surface area contributed by atoms with Gasteiger partial charge >= 0.3 is 5.97 Å². The fourth-order valence-corrected chi connectivity index (χ4v) is 3.20. The highest BCUT2D eigenvalue weighted by atomic mass is 32.1. The molecule has 5 nitrogen and oxygen atoms in total. The van der Waals surface area contributed by atoms with Gasteiger partial charge in [-0.25, -0.2) is 0 Å². The molecule has 0 atom stereocenters. The lowest BCUT2D eigenvalue weighted by Gasteiger charge is -2.21. The van der Waals surface area contributed by atoms with Crippen molar-refractivity contribution in [3.8, 4) is 0 Å². The molecule has 0 aliphatic rings. The fourth-order valence-electron chi connectivity index (χ4n) is 2.29. The van der Waals surface area contributed by atoms with Crippen molar-refractivity contribution in [3.05, 3.63) is 46.0 Å². The van der Waals surface area contributed by atoms with Crippen molar-refractivity contribution in [2.75, 3.05) is 0 Å². The molecule has 0 radical (unpaired) electrons. The van der Waals surface area contributed by atoms with E-state index in [1.165, 1.54) is 4.88 Å². The number of carbonyl (C=O) groups excluding carboxylic acids is 1. The molecule has 0 aliphatic carbocycles. The van der Waals surface area contributed by atoms with E-state index in [0.29, 0.717) is 32.4 Å². The summed E-state index contributed by atoms with van der Waals surface area (Å²) in [5, 5.41) is 8.65. The number of aryl methyl sites for hydroxylation is 1. The standard InChI is InChI=1S/C17H21NO4S/c1-13-8-9-15(23-13)12-18(11-14-5-4-10-22-14)16(19)6-2-3-7-17(20)21/h4-5,8-10H,2-3,6-7,11-12H2,1H3,(H,20,21). The molecule has 2 heterocycles. The summed E-state index contributed by atoms with van der Waals surface area (Å²) in [5.74, 6) is -0.0473. The summed E-state index contributed by atoms with van der Waals surface area (Å²) in [6, 6.07) is 7.74. The lowest BCUT2D eigenvalue weighted by Crippen LogP contribution is -2.29. The van der Waals surface area contributed by atoms with Gasteiger partial charge in [0.1, 0.15) is 5.76 Å². The Morgan fingerprint density at radius 3 is 2.57 bits per heavy atom. The van der Waals surface area contributed by atoms with Crippen LogP contribution in [0.5, 0.6) is 0 Å². The van der Waals surface area contributed by atoms with Crippen molar-refractivity contribution in [2.45, 2.75) is 45.7 Å². The average Bonchev–Trinajstić information content (AvgIpc) is 3.14. The van der Waals surface area contributed by atoms with E-state index in [-0.39, 0.29) is 12.3 Å². The third-order valence-electron chi connectivity index (χ3n) is 3.45. The number of furan rings is 1. The molecule has 2 rings (SSSR count). The Morgan fingerprint density at radius 1 is 1.17 bits per heavy atom. The second-order valence-electron chi connectivity index (χ2n) is 5.44. The van der Waals surface area contributed by atoms with E-state index >= 15 is 0 Å². The van der Waals surface area contributed by atoms with Crippen LogP contribution in [0.2, 0.25) is 0 Å². The minimum atomic E-state index is -0.820. The molecule has 1 amide bonds. The third-order valence-corrected chi connectivity index (χ3v) is 4.44. The highest BCUT2D eigenvalue weighted by Crippen LogP contribution is 2.19. The van der Waals surface area contributed by atoms with Gasteiger partial charge in [-0.3, -0.25) is 9.59 Å². The molecule has 0 aromatic carbocycles. The fraction of sp³-hybridized carbons (Fsp3) is 0.412. The number of hydrogen-bond acceptors (Lipinski definition) is 4. The van der Waals surface area contributed by atoms with Gasteiger partial charge in [0.05, 0.1) is 19.4 Å². The molecule has 0 spiro atoms. The van der Waals surface area contributed by atoms with Gasteiger partial charge in [0, 0.05) is 22.6 Å². The van der Waals surface area contributed by atoms with E-state index < -0.39 is 5.97 Å². The maximum absolute atomic E-state index is 12.5. The van der Waals surface area contributed by atoms with Gasteiger partial charge < -0.3 is 14.4 Å². The first kappa shape index (κ1) is 17.3. The van der Waals surface area contributed by atoms with Crippen LogP contribution in [-0.2, 0) is 22.7 Å². The van der Waals surface area contributed by atoms with Gasteiger partial charge in [0.2, 0.25) is 5.91 Å². The second-order valence-corrected chi connectivity index (χ2v) is 6.81. The number of carboxylic acid groups (broad SMARTS) is 1. The summed E-state index contributed by atoms with van der Waals surface area (Å²) in [7, 11) is 0. The van der Waals surface area contributed by atoms with Crippen molar-refractivity contribution in [1.29, 1.82) is 0 Å². The Kier molecular flexibility index (Phi) is 6.40. The van der Waals surface area contributed by atoms with Crippen LogP contribution in [0.3, 0.4) is 0 Å². The largest absolute Gasteiger partial charge is 0.481 e. The SMILES string of the molecule is Cc1ccc(CN(Cc2ccco2)C(=O)CCCCC(=O)O)s1. The van der Waals surface area contributed by atoms with Crippen LogP contribution in [0.15, 0.2) is 34.9 Å². The van der Waals surface area contributed by atoms with E-state index in [1.807, 2.05) is 25.1 Å². The summed E-state index contributed by atoms with van der Waals surface area (Å²) in [6.45, 7) is 3.03. The molecule has 2 aromatic rings. The quantitative estimate of drug-likeness (QED) is 0.707. The predicted octanol–water partition coefficient (Wildman–Crippen LogP) is 3.82. The summed E-state index contributed by atoms with van der Waals surface area (Å²) in [6.07, 6.45) is 3.17. The summed E-state index contributed by atoms with van der Waals surface area (Å²) >= 11 is 1.68. The van der Waals surface area contributed by atoms with Crippen LogP contribution >= 0.6 is 11.3 Å². The van der Waals surface area contributed by atoms with E-state index in [0.717, 1.165) is 10.6 Å². The number of carbonyl (C=O) groups is 2. The monoisotopic (exact) mass is 335 g/mol. The number of amides is 1. The van der Waals surface area contributed by atoms with E-state index in [2.05, 4.69) is 0 Å². The summed E-state index contributed by atoms with van der Waals surface area (Å²) in [4.78, 5) is 27.1. The zero-order valence-electron chi connectivity index (χ0n) is 13.2. The molecule has 0 aliphatic heterocycles. The van der Waals surface area contributed by atoms with Crippen molar-refractivity contribution in [1.82, 2.24) is 4.90 Å². The van der Waals surface area contributed by atoms with Crippen LogP contribution in [0.4, 0.5) is 0 Å². The molecule has 23 heavy (non-hydrogen) atoms. The molecule has 0 unspecified atom stereocenters. The van der Waals surface area contributed by atoms with Gasteiger partial charge in [0.15, 0.2) is 0 Å². The minimum Gasteiger partial charge on any atom is -0.481 e. The second kappa shape index (κ2) is 8.53. The van der Waals surface area contributed by atoms with E-state index in [1.54, 1.807) is 28.6 Å². The molecule has 1 N–H and O–H groups in total. The number of nitrogens with zero attached hydrogens (tertiary/aromatic N) is 1. The van der Waals surface area contributed by atoms with Crippen LogP contribution in [-0.4, -0.2) is 21.9 Å². The van der Waals surface area contributed by atoms with Crippen LogP contribution in [0.25, 0.3) is 0 Å². The Hall–Kier alpha value is -2.08. The Morgan fingerprint density at radius 2 is 1.96 bits per heavy atom. The maximum Gasteiger partial charge on any atom is 0.303 e. The molecule has 0 saturated heterocycles. The molecule has 124 valence electrons. The van der Waals surface area contributed by atoms with Crippen molar-refractivity contribution in [3.63, 3.8) is 0 Å². The lowest BCUT2D eigenvalue weighted by atomic mass is 10.1.